The molecule has 0 spiro atoms. The van der Waals surface area contributed by atoms with Gasteiger partial charge in [0.1, 0.15) is 11.6 Å². The fourth-order valence-electron chi connectivity index (χ4n) is 3.17. The van der Waals surface area contributed by atoms with E-state index in [1.165, 1.54) is 12.3 Å². The number of likely N-dealkylation sites (tertiary alicyclic amines) is 1. The van der Waals surface area contributed by atoms with Crippen LogP contribution in [0, 0.1) is 11.6 Å². The van der Waals surface area contributed by atoms with Crippen LogP contribution in [0.2, 0.25) is 0 Å². The number of carbonyl (C=O) groups excluding carboxylic acids is 1. The summed E-state index contributed by atoms with van der Waals surface area (Å²) in [7, 11) is 0. The van der Waals surface area contributed by atoms with E-state index >= 15 is 0 Å². The summed E-state index contributed by atoms with van der Waals surface area (Å²) in [6.07, 6.45) is 3.10. The van der Waals surface area contributed by atoms with E-state index in [1.807, 2.05) is 0 Å². The molecule has 0 bridgehead atoms. The van der Waals surface area contributed by atoms with Crippen LogP contribution in [0.25, 0.3) is 11.3 Å². The molecular formula is C18H18F2N2O4. The number of carboxylic acids is 1. The van der Waals surface area contributed by atoms with Crippen LogP contribution in [0.1, 0.15) is 31.6 Å². The van der Waals surface area contributed by atoms with Crippen molar-refractivity contribution in [1.82, 2.24) is 9.88 Å². The third-order valence-electron chi connectivity index (χ3n) is 4.41. The van der Waals surface area contributed by atoms with E-state index < -0.39 is 17.6 Å². The number of carboxylic acid groups (broad SMARTS) is 1. The first-order valence-corrected chi connectivity index (χ1v) is 8.35. The summed E-state index contributed by atoms with van der Waals surface area (Å²) in [5, 5.41) is 8.91. The highest BCUT2D eigenvalue weighted by Crippen LogP contribution is 2.25. The second-order valence-corrected chi connectivity index (χ2v) is 6.22. The van der Waals surface area contributed by atoms with Gasteiger partial charge < -0.3 is 14.4 Å². The van der Waals surface area contributed by atoms with Gasteiger partial charge in [-0.2, -0.15) is 0 Å². The average molecular weight is 364 g/mol. The maximum atomic E-state index is 13.8. The number of hydrogen-bond acceptors (Lipinski definition) is 4. The molecular weight excluding hydrogens is 346 g/mol. The van der Waals surface area contributed by atoms with Crippen LogP contribution in [0.15, 0.2) is 28.8 Å². The average Bonchev–Trinajstić information content (AvgIpc) is 3.21. The molecule has 0 radical (unpaired) electrons. The zero-order chi connectivity index (χ0) is 18.7. The number of rotatable bonds is 6. The lowest BCUT2D eigenvalue weighted by Gasteiger charge is -2.23. The highest BCUT2D eigenvalue weighted by Gasteiger charge is 2.30. The minimum atomic E-state index is -0.923. The van der Waals surface area contributed by atoms with Crippen molar-refractivity contribution in [2.75, 3.05) is 6.54 Å². The third kappa shape index (κ3) is 4.07. The van der Waals surface area contributed by atoms with Crippen LogP contribution >= 0.6 is 0 Å². The normalized spacial score (nSPS) is 16.8. The van der Waals surface area contributed by atoms with Crippen molar-refractivity contribution in [1.29, 1.82) is 0 Å². The quantitative estimate of drug-likeness (QED) is 0.852. The fourth-order valence-corrected chi connectivity index (χ4v) is 3.17. The Labute approximate surface area is 148 Å². The molecule has 2 heterocycles. The Balaban J connectivity index is 1.61. The number of halogens is 2. The number of nitrogens with zero attached hydrogens (tertiary/aromatic N) is 2. The number of aliphatic carboxylic acids is 1. The summed E-state index contributed by atoms with van der Waals surface area (Å²) < 4.78 is 32.2. The van der Waals surface area contributed by atoms with Gasteiger partial charge >= 0.3 is 5.97 Å². The largest absolute Gasteiger partial charge is 0.481 e. The van der Waals surface area contributed by atoms with Crippen LogP contribution in [0.5, 0.6) is 0 Å². The number of benzene rings is 1. The van der Waals surface area contributed by atoms with Gasteiger partial charge in [-0.05, 0) is 25.0 Å². The Morgan fingerprint density at radius 2 is 2.15 bits per heavy atom. The van der Waals surface area contributed by atoms with E-state index in [0.717, 1.165) is 18.6 Å². The molecule has 1 saturated heterocycles. The van der Waals surface area contributed by atoms with Crippen molar-refractivity contribution >= 4 is 11.9 Å². The number of aromatic nitrogens is 1. The van der Waals surface area contributed by atoms with Gasteiger partial charge in [-0.15, -0.1) is 0 Å². The molecule has 138 valence electrons. The molecule has 0 aliphatic carbocycles. The molecule has 6 nitrogen and oxygen atoms in total. The molecule has 1 aromatic carbocycles. The molecule has 3 rings (SSSR count). The monoisotopic (exact) mass is 364 g/mol. The van der Waals surface area contributed by atoms with Gasteiger partial charge in [-0.3, -0.25) is 9.59 Å². The molecule has 1 N–H and O–H groups in total. The van der Waals surface area contributed by atoms with Crippen molar-refractivity contribution in [3.63, 3.8) is 0 Å². The highest BCUT2D eigenvalue weighted by atomic mass is 19.1. The predicted octanol–water partition coefficient (Wildman–Crippen LogP) is 3.02. The summed E-state index contributed by atoms with van der Waals surface area (Å²) >= 11 is 0. The van der Waals surface area contributed by atoms with Gasteiger partial charge in [0.15, 0.2) is 11.7 Å². The van der Waals surface area contributed by atoms with Gasteiger partial charge in [0.05, 0.1) is 18.2 Å². The van der Waals surface area contributed by atoms with Gasteiger partial charge in [0.25, 0.3) is 0 Å². The van der Waals surface area contributed by atoms with Crippen molar-refractivity contribution in [2.24, 2.45) is 0 Å². The van der Waals surface area contributed by atoms with E-state index in [4.69, 9.17) is 9.52 Å². The maximum absolute atomic E-state index is 13.8. The van der Waals surface area contributed by atoms with E-state index in [9.17, 15) is 18.4 Å². The lowest BCUT2D eigenvalue weighted by molar-refractivity contribution is -0.139. The number of oxazole rings is 1. The topological polar surface area (TPSA) is 83.6 Å². The zero-order valence-electron chi connectivity index (χ0n) is 14.0. The Kier molecular flexibility index (Phi) is 5.29. The maximum Gasteiger partial charge on any atom is 0.305 e. The van der Waals surface area contributed by atoms with Crippen LogP contribution in [-0.4, -0.2) is 39.5 Å². The van der Waals surface area contributed by atoms with Crippen LogP contribution in [0.3, 0.4) is 0 Å². The molecule has 8 heteroatoms. The fraction of sp³-hybridized carbons (Fsp3) is 0.389. The molecule has 1 fully saturated rings. The molecule has 1 aliphatic rings. The van der Waals surface area contributed by atoms with Gasteiger partial charge in [-0.25, -0.2) is 13.8 Å². The van der Waals surface area contributed by atoms with Crippen LogP contribution in [0.4, 0.5) is 8.78 Å². The lowest BCUT2D eigenvalue weighted by Crippen LogP contribution is -2.36. The van der Waals surface area contributed by atoms with Crippen molar-refractivity contribution in [2.45, 2.75) is 38.1 Å². The van der Waals surface area contributed by atoms with Gasteiger partial charge in [-0.1, -0.05) is 0 Å². The first-order valence-electron chi connectivity index (χ1n) is 8.35. The van der Waals surface area contributed by atoms with E-state index in [-0.39, 0.29) is 48.4 Å². The molecule has 2 aromatic rings. The summed E-state index contributed by atoms with van der Waals surface area (Å²) in [6, 6.07) is 2.88. The predicted molar refractivity (Wildman–Crippen MR) is 87.2 cm³/mol. The second kappa shape index (κ2) is 7.63. The summed E-state index contributed by atoms with van der Waals surface area (Å²) in [5.41, 5.74) is 0.0949. The first kappa shape index (κ1) is 18.0. The summed E-state index contributed by atoms with van der Waals surface area (Å²) in [6.45, 7) is 0.550. The van der Waals surface area contributed by atoms with Gasteiger partial charge in [0, 0.05) is 31.5 Å². The highest BCUT2D eigenvalue weighted by molar-refractivity contribution is 5.78. The van der Waals surface area contributed by atoms with Crippen LogP contribution in [-0.2, 0) is 16.0 Å². The minimum absolute atomic E-state index is 0.0568. The summed E-state index contributed by atoms with van der Waals surface area (Å²) in [4.78, 5) is 28.8. The van der Waals surface area contributed by atoms with Gasteiger partial charge in [0.2, 0.25) is 5.91 Å². The Morgan fingerprint density at radius 3 is 2.88 bits per heavy atom. The third-order valence-corrected chi connectivity index (χ3v) is 4.41. The molecule has 0 saturated carbocycles. The molecule has 1 atom stereocenters. The first-order chi connectivity index (χ1) is 12.4. The zero-order valence-corrected chi connectivity index (χ0v) is 14.0. The Morgan fingerprint density at radius 1 is 1.35 bits per heavy atom. The molecule has 1 unspecified atom stereocenters. The number of carbonyl (C=O) groups is 2. The van der Waals surface area contributed by atoms with Crippen molar-refractivity contribution < 1.29 is 27.9 Å². The van der Waals surface area contributed by atoms with Crippen LogP contribution < -0.4 is 0 Å². The number of amides is 1. The number of hydrogen-bond donors (Lipinski definition) is 1. The smallest absolute Gasteiger partial charge is 0.305 e. The number of aryl methyl sites for hydroxylation is 1. The molecule has 1 amide bonds. The molecule has 1 aromatic heterocycles. The van der Waals surface area contributed by atoms with E-state index in [2.05, 4.69) is 4.98 Å². The summed E-state index contributed by atoms with van der Waals surface area (Å²) in [5.74, 6) is -2.08. The minimum Gasteiger partial charge on any atom is -0.481 e. The van der Waals surface area contributed by atoms with E-state index in [0.29, 0.717) is 13.0 Å². The Bertz CT molecular complexity index is 821. The Hall–Kier alpha value is -2.77. The molecule has 1 aliphatic heterocycles. The van der Waals surface area contributed by atoms with Crippen molar-refractivity contribution in [3.05, 3.63) is 41.9 Å². The second-order valence-electron chi connectivity index (χ2n) is 6.22. The standard InChI is InChI=1S/C18H18F2N2O4/c19-11-3-4-13(14(20)8-11)15-10-21-16(26-15)5-6-17(23)22-7-1-2-12(22)9-18(24)25/h3-4,8,10,12H,1-2,5-7,9H2,(H,24,25). The van der Waals surface area contributed by atoms with E-state index in [1.54, 1.807) is 4.90 Å². The molecule has 26 heavy (non-hydrogen) atoms. The lowest BCUT2D eigenvalue weighted by atomic mass is 10.1. The van der Waals surface area contributed by atoms with Crippen molar-refractivity contribution in [3.8, 4) is 11.3 Å². The SMILES string of the molecule is O=C(O)CC1CCCN1C(=O)CCc1ncc(-c2ccc(F)cc2F)o1.